The predicted molar refractivity (Wildman–Crippen MR) is 112 cm³/mol. The number of hydrogen-bond donors (Lipinski definition) is 1. The fraction of sp³-hybridized carbons (Fsp3) is 0.364. The second-order valence-electron chi connectivity index (χ2n) is 7.21. The van der Waals surface area contributed by atoms with Gasteiger partial charge in [-0.1, -0.05) is 0 Å². The van der Waals surface area contributed by atoms with Crippen LogP contribution in [-0.4, -0.2) is 69.8 Å². The molecule has 1 N–H and O–H groups in total. The molecule has 1 fully saturated rings. The first kappa shape index (κ1) is 20.0. The molecule has 0 saturated carbocycles. The summed E-state index contributed by atoms with van der Waals surface area (Å²) in [5.41, 5.74) is 2.24. The zero-order valence-corrected chi connectivity index (χ0v) is 16.9. The van der Waals surface area contributed by atoms with Crippen molar-refractivity contribution in [2.24, 2.45) is 0 Å². The van der Waals surface area contributed by atoms with E-state index in [1.807, 2.05) is 24.3 Å². The molecule has 0 radical (unpaired) electrons. The van der Waals surface area contributed by atoms with Crippen LogP contribution >= 0.6 is 0 Å². The summed E-state index contributed by atoms with van der Waals surface area (Å²) in [7, 11) is 1.60. The molecule has 158 valence electrons. The number of likely N-dealkylation sites (N-methyl/N-ethyl adjacent to an activating group) is 1. The van der Waals surface area contributed by atoms with Crippen molar-refractivity contribution in [3.05, 3.63) is 48.0 Å². The number of amides is 2. The number of anilines is 2. The summed E-state index contributed by atoms with van der Waals surface area (Å²) < 4.78 is 16.4. The van der Waals surface area contributed by atoms with E-state index >= 15 is 0 Å². The fourth-order valence-corrected chi connectivity index (χ4v) is 3.46. The number of fused-ring (bicyclic) bond motifs is 1. The smallest absolute Gasteiger partial charge is 0.254 e. The standard InChI is InChI=1S/C22H25N3O5/c1-24(22(27)16-2-7-19-20(14-16)30-13-12-29-19)15-21(26)23-17-3-5-18(6-4-17)25-8-10-28-11-9-25/h2-7,14H,8-13,15H2,1H3,(H,23,26). The van der Waals surface area contributed by atoms with Gasteiger partial charge in [-0.2, -0.15) is 0 Å². The monoisotopic (exact) mass is 411 g/mol. The molecular weight excluding hydrogens is 386 g/mol. The van der Waals surface area contributed by atoms with Gasteiger partial charge in [-0.15, -0.1) is 0 Å². The lowest BCUT2D eigenvalue weighted by molar-refractivity contribution is -0.116. The maximum atomic E-state index is 12.7. The van der Waals surface area contributed by atoms with Crippen LogP contribution in [0.3, 0.4) is 0 Å². The average molecular weight is 411 g/mol. The summed E-state index contributed by atoms with van der Waals surface area (Å²) in [5.74, 6) is 0.649. The zero-order chi connectivity index (χ0) is 20.9. The summed E-state index contributed by atoms with van der Waals surface area (Å²) >= 11 is 0. The molecule has 2 aromatic rings. The van der Waals surface area contributed by atoms with Crippen LogP contribution in [0.5, 0.6) is 11.5 Å². The van der Waals surface area contributed by atoms with Crippen molar-refractivity contribution in [2.75, 3.05) is 63.3 Å². The van der Waals surface area contributed by atoms with Crippen molar-refractivity contribution >= 4 is 23.2 Å². The highest BCUT2D eigenvalue weighted by Gasteiger charge is 2.19. The molecule has 2 heterocycles. The molecule has 4 rings (SSSR count). The summed E-state index contributed by atoms with van der Waals surface area (Å²) in [5, 5.41) is 2.84. The van der Waals surface area contributed by atoms with Crippen LogP contribution in [0, 0.1) is 0 Å². The minimum absolute atomic E-state index is 0.0571. The van der Waals surface area contributed by atoms with E-state index in [1.165, 1.54) is 4.90 Å². The summed E-state index contributed by atoms with van der Waals surface area (Å²) in [6.45, 7) is 4.06. The summed E-state index contributed by atoms with van der Waals surface area (Å²) in [6, 6.07) is 12.7. The minimum atomic E-state index is -0.262. The molecule has 0 aromatic heterocycles. The molecule has 8 nitrogen and oxygen atoms in total. The highest BCUT2D eigenvalue weighted by Crippen LogP contribution is 2.31. The van der Waals surface area contributed by atoms with Crippen molar-refractivity contribution in [1.29, 1.82) is 0 Å². The van der Waals surface area contributed by atoms with Gasteiger partial charge >= 0.3 is 0 Å². The SMILES string of the molecule is CN(CC(=O)Nc1ccc(N2CCOCC2)cc1)C(=O)c1ccc2c(c1)OCCO2. The third kappa shape index (κ3) is 4.65. The van der Waals surface area contributed by atoms with E-state index in [-0.39, 0.29) is 18.4 Å². The average Bonchev–Trinajstić information content (AvgIpc) is 2.79. The van der Waals surface area contributed by atoms with Crippen molar-refractivity contribution in [3.8, 4) is 11.5 Å². The molecule has 1 saturated heterocycles. The van der Waals surface area contributed by atoms with Gasteiger partial charge < -0.3 is 29.3 Å². The number of morpholine rings is 1. The third-order valence-corrected chi connectivity index (χ3v) is 5.04. The van der Waals surface area contributed by atoms with E-state index in [4.69, 9.17) is 14.2 Å². The maximum absolute atomic E-state index is 12.7. The first-order valence-corrected chi connectivity index (χ1v) is 9.98. The van der Waals surface area contributed by atoms with Crippen LogP contribution < -0.4 is 19.7 Å². The van der Waals surface area contributed by atoms with Crippen molar-refractivity contribution in [3.63, 3.8) is 0 Å². The normalized spacial score (nSPS) is 15.4. The zero-order valence-electron chi connectivity index (χ0n) is 16.9. The predicted octanol–water partition coefficient (Wildman–Crippen LogP) is 2.01. The first-order chi connectivity index (χ1) is 14.6. The molecule has 2 aromatic carbocycles. The number of hydrogen-bond acceptors (Lipinski definition) is 6. The van der Waals surface area contributed by atoms with Crippen LogP contribution in [0.25, 0.3) is 0 Å². The van der Waals surface area contributed by atoms with Gasteiger partial charge in [-0.25, -0.2) is 0 Å². The van der Waals surface area contributed by atoms with Gasteiger partial charge in [0.2, 0.25) is 5.91 Å². The topological polar surface area (TPSA) is 80.3 Å². The second-order valence-corrected chi connectivity index (χ2v) is 7.21. The lowest BCUT2D eigenvalue weighted by atomic mass is 10.1. The van der Waals surface area contributed by atoms with E-state index in [0.29, 0.717) is 36.0 Å². The Morgan fingerprint density at radius 3 is 2.40 bits per heavy atom. The molecule has 0 unspecified atom stereocenters. The number of nitrogens with zero attached hydrogens (tertiary/aromatic N) is 2. The van der Waals surface area contributed by atoms with Gasteiger partial charge in [0.05, 0.1) is 19.8 Å². The number of ether oxygens (including phenoxy) is 3. The van der Waals surface area contributed by atoms with Gasteiger partial charge in [-0.05, 0) is 42.5 Å². The molecule has 2 aliphatic heterocycles. The number of carbonyl (C=O) groups is 2. The summed E-state index contributed by atoms with van der Waals surface area (Å²) in [6.07, 6.45) is 0. The van der Waals surface area contributed by atoms with Gasteiger partial charge in [0.15, 0.2) is 11.5 Å². The molecule has 0 spiro atoms. The van der Waals surface area contributed by atoms with Gasteiger partial charge in [0.1, 0.15) is 13.2 Å². The van der Waals surface area contributed by atoms with E-state index in [0.717, 1.165) is 32.0 Å². The Balaban J connectivity index is 1.32. The Hall–Kier alpha value is -3.26. The second kappa shape index (κ2) is 9.04. The molecule has 8 heteroatoms. The Kier molecular flexibility index (Phi) is 6.04. The van der Waals surface area contributed by atoms with E-state index in [9.17, 15) is 9.59 Å². The number of rotatable bonds is 5. The Labute approximate surface area is 175 Å². The maximum Gasteiger partial charge on any atom is 0.254 e. The molecule has 0 bridgehead atoms. The molecule has 0 aliphatic carbocycles. The van der Waals surface area contributed by atoms with Crippen LogP contribution in [0.15, 0.2) is 42.5 Å². The highest BCUT2D eigenvalue weighted by molar-refractivity contribution is 5.99. The molecule has 2 amide bonds. The Bertz CT molecular complexity index is 909. The van der Waals surface area contributed by atoms with Gasteiger partial charge in [0.25, 0.3) is 5.91 Å². The largest absolute Gasteiger partial charge is 0.486 e. The van der Waals surface area contributed by atoms with Crippen LogP contribution in [-0.2, 0) is 9.53 Å². The number of nitrogens with one attached hydrogen (secondary N) is 1. The summed E-state index contributed by atoms with van der Waals surface area (Å²) in [4.78, 5) is 28.7. The van der Waals surface area contributed by atoms with Crippen LogP contribution in [0.4, 0.5) is 11.4 Å². The van der Waals surface area contributed by atoms with E-state index in [2.05, 4.69) is 10.2 Å². The Morgan fingerprint density at radius 2 is 1.67 bits per heavy atom. The van der Waals surface area contributed by atoms with Gasteiger partial charge in [-0.3, -0.25) is 9.59 Å². The first-order valence-electron chi connectivity index (χ1n) is 9.98. The molecule has 0 atom stereocenters. The van der Waals surface area contributed by atoms with Crippen molar-refractivity contribution < 1.29 is 23.8 Å². The van der Waals surface area contributed by atoms with Crippen LogP contribution in [0.1, 0.15) is 10.4 Å². The van der Waals surface area contributed by atoms with Crippen LogP contribution in [0.2, 0.25) is 0 Å². The Morgan fingerprint density at radius 1 is 0.967 bits per heavy atom. The number of carbonyl (C=O) groups excluding carboxylic acids is 2. The van der Waals surface area contributed by atoms with E-state index in [1.54, 1.807) is 25.2 Å². The quantitative estimate of drug-likeness (QED) is 0.811. The fourth-order valence-electron chi connectivity index (χ4n) is 3.46. The minimum Gasteiger partial charge on any atom is -0.486 e. The van der Waals surface area contributed by atoms with Gasteiger partial charge in [0, 0.05) is 37.1 Å². The van der Waals surface area contributed by atoms with Crippen molar-refractivity contribution in [1.82, 2.24) is 4.90 Å². The number of benzene rings is 2. The molecular formula is C22H25N3O5. The van der Waals surface area contributed by atoms with E-state index < -0.39 is 0 Å². The van der Waals surface area contributed by atoms with Crippen molar-refractivity contribution in [2.45, 2.75) is 0 Å². The molecule has 2 aliphatic rings. The molecule has 30 heavy (non-hydrogen) atoms. The highest BCUT2D eigenvalue weighted by atomic mass is 16.6. The lowest BCUT2D eigenvalue weighted by Crippen LogP contribution is -2.36. The lowest BCUT2D eigenvalue weighted by Gasteiger charge is -2.28. The third-order valence-electron chi connectivity index (χ3n) is 5.04.